The number of carbonyl (C=O) groups excluding carboxylic acids is 1. The molecule has 0 aliphatic heterocycles. The summed E-state index contributed by atoms with van der Waals surface area (Å²) in [5.74, 6) is 0.766. The zero-order chi connectivity index (χ0) is 26.1. The lowest BCUT2D eigenvalue weighted by atomic mass is 10.0. The summed E-state index contributed by atoms with van der Waals surface area (Å²) in [6.45, 7) is 0. The molecule has 0 radical (unpaired) electrons. The van der Waals surface area contributed by atoms with Gasteiger partial charge in [-0.3, -0.25) is 4.79 Å². The number of ether oxygens (including phenoxy) is 1. The summed E-state index contributed by atoms with van der Waals surface area (Å²) >= 11 is 0. The number of phenols is 1. The van der Waals surface area contributed by atoms with Crippen molar-refractivity contribution in [3.63, 3.8) is 0 Å². The van der Waals surface area contributed by atoms with Gasteiger partial charge in [-0.1, -0.05) is 6.07 Å². The molecule has 0 aliphatic rings. The summed E-state index contributed by atoms with van der Waals surface area (Å²) in [5, 5.41) is 17.6. The lowest BCUT2D eigenvalue weighted by molar-refractivity contribution is 0.102. The highest BCUT2D eigenvalue weighted by atomic mass is 16.5. The van der Waals surface area contributed by atoms with E-state index in [0.717, 1.165) is 22.3 Å². The summed E-state index contributed by atoms with van der Waals surface area (Å²) < 4.78 is 7.02. The standard InChI is InChI=1S/C28H21N7O3/c1-38-28-21(3-2-12-30-28)17-5-11-25(36)22(13-17)26-33-23-10-4-18(14-24(23)34-26)27(37)32-19-6-8-20(9-7-19)35-16-29-15-31-35/h2-16,36H,1H3,(H,32,37)(H,33,34). The first-order chi connectivity index (χ1) is 18.6. The van der Waals surface area contributed by atoms with Gasteiger partial charge in [-0.05, 0) is 72.3 Å². The molecule has 0 spiro atoms. The molecule has 0 bridgehead atoms. The van der Waals surface area contributed by atoms with Crippen molar-refractivity contribution in [3.8, 4) is 39.8 Å². The Hall–Kier alpha value is -5.51. The molecule has 0 atom stereocenters. The number of anilines is 1. The molecule has 10 heteroatoms. The second-order valence-corrected chi connectivity index (χ2v) is 8.45. The van der Waals surface area contributed by atoms with E-state index in [1.54, 1.807) is 66.8 Å². The Morgan fingerprint density at radius 2 is 1.89 bits per heavy atom. The van der Waals surface area contributed by atoms with Crippen LogP contribution < -0.4 is 10.1 Å². The number of aromatic nitrogens is 6. The number of fused-ring (bicyclic) bond motifs is 1. The van der Waals surface area contributed by atoms with Gasteiger partial charge in [0, 0.05) is 23.0 Å². The van der Waals surface area contributed by atoms with Crippen LogP contribution in [0.4, 0.5) is 5.69 Å². The largest absolute Gasteiger partial charge is 0.507 e. The van der Waals surface area contributed by atoms with E-state index >= 15 is 0 Å². The van der Waals surface area contributed by atoms with Crippen molar-refractivity contribution in [1.82, 2.24) is 29.7 Å². The number of benzene rings is 3. The Balaban J connectivity index is 1.27. The first-order valence-electron chi connectivity index (χ1n) is 11.7. The normalized spacial score (nSPS) is 11.0. The molecule has 3 N–H and O–H groups in total. The summed E-state index contributed by atoms with van der Waals surface area (Å²) in [7, 11) is 1.56. The number of H-pyrrole nitrogens is 1. The van der Waals surface area contributed by atoms with E-state index < -0.39 is 0 Å². The fraction of sp³-hybridized carbons (Fsp3) is 0.0357. The van der Waals surface area contributed by atoms with Crippen LogP contribution in [0.25, 0.3) is 39.2 Å². The molecule has 3 heterocycles. The maximum absolute atomic E-state index is 12.9. The van der Waals surface area contributed by atoms with E-state index in [9.17, 15) is 9.90 Å². The zero-order valence-electron chi connectivity index (χ0n) is 20.2. The van der Waals surface area contributed by atoms with E-state index in [1.807, 2.05) is 30.3 Å². The Kier molecular flexibility index (Phi) is 5.74. The van der Waals surface area contributed by atoms with Gasteiger partial charge < -0.3 is 20.1 Å². The maximum atomic E-state index is 12.9. The molecule has 0 fully saturated rings. The maximum Gasteiger partial charge on any atom is 0.255 e. The van der Waals surface area contributed by atoms with Crippen LogP contribution >= 0.6 is 0 Å². The quantitative estimate of drug-likeness (QED) is 0.296. The minimum Gasteiger partial charge on any atom is -0.507 e. The average Bonchev–Trinajstić information content (AvgIpc) is 3.64. The van der Waals surface area contributed by atoms with Gasteiger partial charge in [0.15, 0.2) is 0 Å². The number of aromatic amines is 1. The van der Waals surface area contributed by atoms with E-state index in [0.29, 0.717) is 34.0 Å². The predicted molar refractivity (Wildman–Crippen MR) is 142 cm³/mol. The van der Waals surface area contributed by atoms with Gasteiger partial charge in [-0.25, -0.2) is 19.6 Å². The van der Waals surface area contributed by atoms with Crippen molar-refractivity contribution in [1.29, 1.82) is 0 Å². The SMILES string of the molecule is COc1ncccc1-c1ccc(O)c(-c2nc3cc(C(=O)Nc4ccc(-n5cncn5)cc4)ccc3[nH]2)c1. The number of imidazole rings is 1. The third-order valence-corrected chi connectivity index (χ3v) is 6.08. The first-order valence-corrected chi connectivity index (χ1v) is 11.7. The van der Waals surface area contributed by atoms with Crippen LogP contribution in [0, 0.1) is 0 Å². The van der Waals surface area contributed by atoms with Crippen LogP contribution in [0.5, 0.6) is 11.6 Å². The number of nitrogens with one attached hydrogen (secondary N) is 2. The second kappa shape index (κ2) is 9.51. The van der Waals surface area contributed by atoms with Crippen LogP contribution in [-0.4, -0.2) is 47.8 Å². The molecule has 6 aromatic rings. The van der Waals surface area contributed by atoms with Gasteiger partial charge in [0.2, 0.25) is 5.88 Å². The zero-order valence-corrected chi connectivity index (χ0v) is 20.2. The van der Waals surface area contributed by atoms with Crippen molar-refractivity contribution in [2.24, 2.45) is 0 Å². The molecule has 10 nitrogen and oxygen atoms in total. The smallest absolute Gasteiger partial charge is 0.255 e. The highest BCUT2D eigenvalue weighted by Crippen LogP contribution is 2.35. The summed E-state index contributed by atoms with van der Waals surface area (Å²) in [6.07, 6.45) is 4.72. The third-order valence-electron chi connectivity index (χ3n) is 6.08. The molecular weight excluding hydrogens is 482 g/mol. The fourth-order valence-electron chi connectivity index (χ4n) is 4.18. The Bertz CT molecular complexity index is 1760. The first kappa shape index (κ1) is 22.9. The second-order valence-electron chi connectivity index (χ2n) is 8.45. The number of hydrogen-bond acceptors (Lipinski definition) is 7. The number of hydrogen-bond donors (Lipinski definition) is 3. The van der Waals surface area contributed by atoms with Gasteiger partial charge in [0.05, 0.1) is 29.4 Å². The van der Waals surface area contributed by atoms with Crippen LogP contribution in [-0.2, 0) is 0 Å². The highest BCUT2D eigenvalue weighted by Gasteiger charge is 2.15. The molecule has 186 valence electrons. The van der Waals surface area contributed by atoms with Crippen LogP contribution in [0.2, 0.25) is 0 Å². The number of rotatable bonds is 6. The van der Waals surface area contributed by atoms with Gasteiger partial charge in [0.25, 0.3) is 5.91 Å². The number of methoxy groups -OCH3 is 1. The van der Waals surface area contributed by atoms with Crippen molar-refractivity contribution in [3.05, 3.63) is 97.2 Å². The molecule has 0 aliphatic carbocycles. The van der Waals surface area contributed by atoms with E-state index in [2.05, 4.69) is 30.4 Å². The molecule has 0 saturated heterocycles. The van der Waals surface area contributed by atoms with Crippen molar-refractivity contribution in [2.75, 3.05) is 12.4 Å². The molecule has 3 aromatic carbocycles. The minimum atomic E-state index is -0.265. The van der Waals surface area contributed by atoms with Gasteiger partial charge in [-0.2, -0.15) is 5.10 Å². The number of carbonyl (C=O) groups is 1. The average molecular weight is 504 g/mol. The molecule has 0 unspecified atom stereocenters. The highest BCUT2D eigenvalue weighted by molar-refractivity contribution is 6.06. The monoisotopic (exact) mass is 503 g/mol. The Morgan fingerprint density at radius 3 is 2.68 bits per heavy atom. The van der Waals surface area contributed by atoms with E-state index in [-0.39, 0.29) is 11.7 Å². The third kappa shape index (κ3) is 4.30. The molecule has 6 rings (SSSR count). The Labute approximate surface area is 216 Å². The van der Waals surface area contributed by atoms with E-state index in [1.165, 1.54) is 6.33 Å². The van der Waals surface area contributed by atoms with Gasteiger partial charge in [-0.15, -0.1) is 0 Å². The molecule has 3 aromatic heterocycles. The Morgan fingerprint density at radius 1 is 1.03 bits per heavy atom. The van der Waals surface area contributed by atoms with Gasteiger partial charge in [0.1, 0.15) is 24.2 Å². The summed E-state index contributed by atoms with van der Waals surface area (Å²) in [5.41, 5.74) is 5.39. The minimum absolute atomic E-state index is 0.0722. The molecular formula is C28H21N7O3. The van der Waals surface area contributed by atoms with Crippen LogP contribution in [0.15, 0.2) is 91.6 Å². The van der Waals surface area contributed by atoms with E-state index in [4.69, 9.17) is 4.74 Å². The number of amides is 1. The lowest BCUT2D eigenvalue weighted by Crippen LogP contribution is -2.11. The molecule has 1 amide bonds. The molecule has 38 heavy (non-hydrogen) atoms. The predicted octanol–water partition coefficient (Wildman–Crippen LogP) is 4.84. The van der Waals surface area contributed by atoms with Crippen molar-refractivity contribution >= 4 is 22.6 Å². The lowest BCUT2D eigenvalue weighted by Gasteiger charge is -2.09. The van der Waals surface area contributed by atoms with Gasteiger partial charge >= 0.3 is 0 Å². The summed E-state index contributed by atoms with van der Waals surface area (Å²) in [4.78, 5) is 29.0. The number of aromatic hydroxyl groups is 1. The number of phenolic OH excluding ortho intramolecular Hbond substituents is 1. The molecule has 0 saturated carbocycles. The van der Waals surface area contributed by atoms with Crippen LogP contribution in [0.3, 0.4) is 0 Å². The van der Waals surface area contributed by atoms with Crippen molar-refractivity contribution < 1.29 is 14.6 Å². The fourth-order valence-corrected chi connectivity index (χ4v) is 4.18. The number of pyridine rings is 1. The van der Waals surface area contributed by atoms with Crippen molar-refractivity contribution in [2.45, 2.75) is 0 Å². The number of nitrogens with zero attached hydrogens (tertiary/aromatic N) is 5. The topological polar surface area (TPSA) is 131 Å². The summed E-state index contributed by atoms with van der Waals surface area (Å²) in [6, 6.07) is 21.4. The van der Waals surface area contributed by atoms with Crippen LogP contribution in [0.1, 0.15) is 10.4 Å².